The Bertz CT molecular complexity index is 491. The molecule has 0 aromatic heterocycles. The smallest absolute Gasteiger partial charge is 0.310 e. The molecule has 1 unspecified atom stereocenters. The van der Waals surface area contributed by atoms with E-state index in [9.17, 15) is 9.59 Å². The molecule has 104 valence electrons. The van der Waals surface area contributed by atoms with Crippen LogP contribution in [0.3, 0.4) is 0 Å². The maximum absolute atomic E-state index is 12.2. The number of anilines is 1. The number of nitrogens with zero attached hydrogens (tertiary/aromatic N) is 1. The molecule has 1 rings (SSSR count). The molecule has 0 fully saturated rings. The van der Waals surface area contributed by atoms with Crippen LogP contribution < -0.4 is 5.73 Å². The van der Waals surface area contributed by atoms with E-state index in [2.05, 4.69) is 20.7 Å². The quantitative estimate of drug-likeness (QED) is 0.677. The Morgan fingerprint density at radius 1 is 1.47 bits per heavy atom. The van der Waals surface area contributed by atoms with Crippen LogP contribution in [0.15, 0.2) is 22.7 Å². The Kier molecular flexibility index (Phi) is 5.35. The predicted molar refractivity (Wildman–Crippen MR) is 76.7 cm³/mol. The Balaban J connectivity index is 2.79. The minimum atomic E-state index is -0.379. The second-order valence-electron chi connectivity index (χ2n) is 4.34. The van der Waals surface area contributed by atoms with Crippen molar-refractivity contribution >= 4 is 33.5 Å². The van der Waals surface area contributed by atoms with Crippen molar-refractivity contribution < 1.29 is 14.3 Å². The number of hydrogen-bond donors (Lipinski definition) is 1. The van der Waals surface area contributed by atoms with Crippen LogP contribution in [0.25, 0.3) is 0 Å². The number of benzene rings is 1. The number of nitrogen functional groups attached to an aromatic ring is 1. The zero-order valence-corrected chi connectivity index (χ0v) is 12.7. The molecule has 0 saturated carbocycles. The molecular formula is C13H17BrN2O3. The minimum absolute atomic E-state index is 0.222. The van der Waals surface area contributed by atoms with Crippen LogP contribution in [-0.2, 0) is 9.53 Å². The number of methoxy groups -OCH3 is 1. The van der Waals surface area contributed by atoms with Crippen molar-refractivity contribution in [2.45, 2.75) is 6.92 Å². The molecule has 2 N–H and O–H groups in total. The maximum Gasteiger partial charge on any atom is 0.310 e. The fraction of sp³-hybridized carbons (Fsp3) is 0.385. The molecule has 0 aliphatic carbocycles. The van der Waals surface area contributed by atoms with Gasteiger partial charge in [-0.2, -0.15) is 0 Å². The van der Waals surface area contributed by atoms with Gasteiger partial charge >= 0.3 is 5.97 Å². The lowest BCUT2D eigenvalue weighted by Gasteiger charge is -2.21. The summed E-state index contributed by atoms with van der Waals surface area (Å²) in [6.07, 6.45) is 0. The van der Waals surface area contributed by atoms with E-state index >= 15 is 0 Å². The molecule has 1 atom stereocenters. The van der Waals surface area contributed by atoms with E-state index < -0.39 is 0 Å². The molecule has 0 heterocycles. The molecule has 1 aromatic carbocycles. The van der Waals surface area contributed by atoms with Gasteiger partial charge in [0.2, 0.25) is 0 Å². The monoisotopic (exact) mass is 328 g/mol. The van der Waals surface area contributed by atoms with Crippen LogP contribution in [0.2, 0.25) is 0 Å². The summed E-state index contributed by atoms with van der Waals surface area (Å²) >= 11 is 3.29. The first-order valence-corrected chi connectivity index (χ1v) is 6.54. The summed E-state index contributed by atoms with van der Waals surface area (Å²) in [6.45, 7) is 1.99. The lowest BCUT2D eigenvalue weighted by atomic mass is 10.1. The van der Waals surface area contributed by atoms with Crippen molar-refractivity contribution in [3.05, 3.63) is 28.2 Å². The van der Waals surface area contributed by atoms with Crippen LogP contribution >= 0.6 is 15.9 Å². The molecule has 0 radical (unpaired) electrons. The summed E-state index contributed by atoms with van der Waals surface area (Å²) in [4.78, 5) is 25.0. The van der Waals surface area contributed by atoms with Gasteiger partial charge in [0.25, 0.3) is 5.91 Å². The highest BCUT2D eigenvalue weighted by atomic mass is 79.9. The van der Waals surface area contributed by atoms with Gasteiger partial charge in [-0.25, -0.2) is 0 Å². The fourth-order valence-electron chi connectivity index (χ4n) is 1.70. The summed E-state index contributed by atoms with van der Waals surface area (Å²) in [7, 11) is 2.95. The minimum Gasteiger partial charge on any atom is -0.469 e. The molecule has 0 spiro atoms. The average Bonchev–Trinajstić information content (AvgIpc) is 2.36. The van der Waals surface area contributed by atoms with Gasteiger partial charge in [-0.1, -0.05) is 22.9 Å². The van der Waals surface area contributed by atoms with E-state index in [4.69, 9.17) is 5.73 Å². The standard InChI is InChI=1S/C13H17BrN2O3/c1-8(13(18)19-3)7-16(2)12(17)10-5-4-9(14)6-11(10)15/h4-6,8H,7,15H2,1-3H3. The Morgan fingerprint density at radius 3 is 2.63 bits per heavy atom. The molecule has 0 aliphatic rings. The van der Waals surface area contributed by atoms with Gasteiger partial charge in [0.1, 0.15) is 0 Å². The maximum atomic E-state index is 12.2. The van der Waals surface area contributed by atoms with Crippen molar-refractivity contribution in [1.82, 2.24) is 4.90 Å². The van der Waals surface area contributed by atoms with Crippen molar-refractivity contribution in [2.24, 2.45) is 5.92 Å². The topological polar surface area (TPSA) is 72.6 Å². The molecule has 19 heavy (non-hydrogen) atoms. The zero-order valence-electron chi connectivity index (χ0n) is 11.1. The molecule has 0 bridgehead atoms. The molecule has 6 heteroatoms. The second-order valence-corrected chi connectivity index (χ2v) is 5.26. The number of nitrogens with two attached hydrogens (primary N) is 1. The highest BCUT2D eigenvalue weighted by Gasteiger charge is 2.20. The lowest BCUT2D eigenvalue weighted by Crippen LogP contribution is -2.34. The first-order valence-electron chi connectivity index (χ1n) is 5.75. The van der Waals surface area contributed by atoms with Crippen LogP contribution in [0, 0.1) is 5.92 Å². The molecule has 1 aromatic rings. The van der Waals surface area contributed by atoms with Crippen molar-refractivity contribution in [3.8, 4) is 0 Å². The number of halogens is 1. The number of rotatable bonds is 4. The molecule has 5 nitrogen and oxygen atoms in total. The van der Waals surface area contributed by atoms with Crippen LogP contribution in [0.1, 0.15) is 17.3 Å². The first-order chi connectivity index (χ1) is 8.86. The average molecular weight is 329 g/mol. The summed E-state index contributed by atoms with van der Waals surface area (Å²) in [5, 5.41) is 0. The largest absolute Gasteiger partial charge is 0.469 e. The number of carbonyl (C=O) groups is 2. The fourth-order valence-corrected chi connectivity index (χ4v) is 2.08. The Morgan fingerprint density at radius 2 is 2.11 bits per heavy atom. The molecule has 0 saturated heterocycles. The SMILES string of the molecule is COC(=O)C(C)CN(C)C(=O)c1ccc(Br)cc1N. The van der Waals surface area contributed by atoms with Gasteiger partial charge in [-0.15, -0.1) is 0 Å². The van der Waals surface area contributed by atoms with Crippen molar-refractivity contribution in [1.29, 1.82) is 0 Å². The highest BCUT2D eigenvalue weighted by molar-refractivity contribution is 9.10. The van der Waals surface area contributed by atoms with Crippen LogP contribution in [0.4, 0.5) is 5.69 Å². The third-order valence-corrected chi connectivity index (χ3v) is 3.24. The highest BCUT2D eigenvalue weighted by Crippen LogP contribution is 2.20. The van der Waals surface area contributed by atoms with Crippen molar-refractivity contribution in [2.75, 3.05) is 26.4 Å². The normalized spacial score (nSPS) is 11.8. The number of amides is 1. The number of hydrogen-bond acceptors (Lipinski definition) is 4. The third kappa shape index (κ3) is 3.96. The van der Waals surface area contributed by atoms with Crippen LogP contribution in [-0.4, -0.2) is 37.5 Å². The van der Waals surface area contributed by atoms with Gasteiger partial charge in [-0.3, -0.25) is 9.59 Å². The van der Waals surface area contributed by atoms with Gasteiger partial charge in [0, 0.05) is 23.8 Å². The first kappa shape index (κ1) is 15.5. The number of ether oxygens (including phenoxy) is 1. The van der Waals surface area contributed by atoms with E-state index in [0.717, 1.165) is 4.47 Å². The van der Waals surface area contributed by atoms with E-state index in [1.54, 1.807) is 32.2 Å². The number of esters is 1. The van der Waals surface area contributed by atoms with Gasteiger partial charge in [0.15, 0.2) is 0 Å². The van der Waals surface area contributed by atoms with E-state index in [1.807, 2.05) is 0 Å². The van der Waals surface area contributed by atoms with E-state index in [1.165, 1.54) is 12.0 Å². The summed E-state index contributed by atoms with van der Waals surface area (Å²) in [5.41, 5.74) is 6.63. The second kappa shape index (κ2) is 6.56. The summed E-state index contributed by atoms with van der Waals surface area (Å²) in [6, 6.07) is 5.08. The van der Waals surface area contributed by atoms with Crippen molar-refractivity contribution in [3.63, 3.8) is 0 Å². The zero-order chi connectivity index (χ0) is 14.6. The molecule has 0 aliphatic heterocycles. The van der Waals surface area contributed by atoms with Gasteiger partial charge in [0.05, 0.1) is 18.6 Å². The summed E-state index contributed by atoms with van der Waals surface area (Å²) in [5.74, 6) is -0.945. The van der Waals surface area contributed by atoms with E-state index in [0.29, 0.717) is 11.3 Å². The Labute approximate surface area is 120 Å². The predicted octanol–water partition coefficient (Wildman–Crippen LogP) is 1.91. The Hall–Kier alpha value is -1.56. The van der Waals surface area contributed by atoms with Crippen LogP contribution in [0.5, 0.6) is 0 Å². The van der Waals surface area contributed by atoms with Gasteiger partial charge in [-0.05, 0) is 18.2 Å². The summed E-state index contributed by atoms with van der Waals surface area (Å²) < 4.78 is 5.44. The third-order valence-electron chi connectivity index (χ3n) is 2.74. The van der Waals surface area contributed by atoms with E-state index in [-0.39, 0.29) is 24.3 Å². The molecule has 1 amide bonds. The number of carbonyl (C=O) groups excluding carboxylic acids is 2. The van der Waals surface area contributed by atoms with Gasteiger partial charge < -0.3 is 15.4 Å². The molecular weight excluding hydrogens is 312 g/mol. The lowest BCUT2D eigenvalue weighted by molar-refractivity contribution is -0.145.